The van der Waals surface area contributed by atoms with E-state index in [1.54, 1.807) is 0 Å². The quantitative estimate of drug-likeness (QED) is 0.312. The van der Waals surface area contributed by atoms with E-state index in [-0.39, 0.29) is 16.9 Å². The summed E-state index contributed by atoms with van der Waals surface area (Å²) in [5, 5.41) is 29.7. The third-order valence-electron chi connectivity index (χ3n) is 2.27. The molecule has 0 aliphatic rings. The van der Waals surface area contributed by atoms with Crippen LogP contribution in [0.25, 0.3) is 0 Å². The van der Waals surface area contributed by atoms with Gasteiger partial charge in [-0.2, -0.15) is 12.6 Å². The van der Waals surface area contributed by atoms with Gasteiger partial charge in [-0.1, -0.05) is 6.07 Å². The Morgan fingerprint density at radius 1 is 1.47 bits per heavy atom. The maximum Gasteiger partial charge on any atom is 0.280 e. The van der Waals surface area contributed by atoms with Crippen molar-refractivity contribution in [1.82, 2.24) is 0 Å². The van der Waals surface area contributed by atoms with Crippen molar-refractivity contribution in [1.29, 1.82) is 0 Å². The molecule has 1 aromatic rings. The lowest BCUT2D eigenvalue weighted by atomic mass is 10.0. The van der Waals surface area contributed by atoms with E-state index >= 15 is 0 Å². The summed E-state index contributed by atoms with van der Waals surface area (Å²) in [6.45, 7) is 0. The number of benzene rings is 1. The van der Waals surface area contributed by atoms with Gasteiger partial charge in [0.1, 0.15) is 6.10 Å². The third kappa shape index (κ3) is 3.02. The lowest BCUT2D eigenvalue weighted by Crippen LogP contribution is -2.19. The van der Waals surface area contributed by atoms with Crippen molar-refractivity contribution in [3.8, 4) is 0 Å². The van der Waals surface area contributed by atoms with Crippen LogP contribution in [-0.4, -0.2) is 33.3 Å². The minimum absolute atomic E-state index is 0.0183. The molecular formula is C10H11NO5S. The fraction of sp³-hybridized carbons (Fsp3) is 0.300. The number of hydrogen-bond donors (Lipinski definition) is 3. The van der Waals surface area contributed by atoms with Crippen LogP contribution >= 0.6 is 12.6 Å². The fourth-order valence-electron chi connectivity index (χ4n) is 1.32. The van der Waals surface area contributed by atoms with E-state index in [4.69, 9.17) is 0 Å². The Morgan fingerprint density at radius 3 is 2.59 bits per heavy atom. The average molecular weight is 257 g/mol. The van der Waals surface area contributed by atoms with E-state index in [0.717, 1.165) is 6.07 Å². The predicted molar refractivity (Wildman–Crippen MR) is 63.3 cm³/mol. The van der Waals surface area contributed by atoms with E-state index in [0.29, 0.717) is 6.29 Å². The highest BCUT2D eigenvalue weighted by atomic mass is 32.1. The van der Waals surface area contributed by atoms with Crippen LogP contribution in [0.1, 0.15) is 22.0 Å². The standard InChI is InChI=1S/C10H11NO5S/c12-4-7-2-1-6(3-8(7)11(15)16)10(14)9(13)5-17/h1-4,9-10,13-14,17H,5H2. The molecule has 0 aliphatic carbocycles. The number of thiol groups is 1. The fourth-order valence-corrected chi connectivity index (χ4v) is 1.52. The van der Waals surface area contributed by atoms with Crippen LogP contribution in [0.5, 0.6) is 0 Å². The first kappa shape index (κ1) is 13.6. The van der Waals surface area contributed by atoms with Crippen molar-refractivity contribution in [3.05, 3.63) is 39.4 Å². The van der Waals surface area contributed by atoms with E-state index < -0.39 is 22.8 Å². The second-order valence-corrected chi connectivity index (χ2v) is 3.75. The summed E-state index contributed by atoms with van der Waals surface area (Å²) in [5.41, 5.74) is -0.307. The zero-order valence-electron chi connectivity index (χ0n) is 8.68. The number of nitro benzene ring substituents is 1. The maximum absolute atomic E-state index is 10.7. The topological polar surface area (TPSA) is 101 Å². The molecule has 2 atom stereocenters. The van der Waals surface area contributed by atoms with Crippen LogP contribution in [0.3, 0.4) is 0 Å². The molecule has 0 aliphatic heterocycles. The Morgan fingerprint density at radius 2 is 2.12 bits per heavy atom. The van der Waals surface area contributed by atoms with E-state index in [1.807, 2.05) is 0 Å². The molecule has 0 amide bonds. The first-order chi connectivity index (χ1) is 8.01. The molecule has 0 radical (unpaired) electrons. The first-order valence-electron chi connectivity index (χ1n) is 4.71. The minimum atomic E-state index is -1.27. The van der Waals surface area contributed by atoms with E-state index in [1.165, 1.54) is 12.1 Å². The monoisotopic (exact) mass is 257 g/mol. The second-order valence-electron chi connectivity index (χ2n) is 3.39. The number of carbonyl (C=O) groups is 1. The molecule has 7 heteroatoms. The lowest BCUT2D eigenvalue weighted by molar-refractivity contribution is -0.385. The molecule has 0 heterocycles. The SMILES string of the molecule is O=Cc1ccc(C(O)C(O)CS)cc1[N+](=O)[O-]. The smallest absolute Gasteiger partial charge is 0.280 e. The molecule has 17 heavy (non-hydrogen) atoms. The lowest BCUT2D eigenvalue weighted by Gasteiger charge is -2.15. The number of nitrogens with zero attached hydrogens (tertiary/aromatic N) is 1. The van der Waals surface area contributed by atoms with Crippen molar-refractivity contribution in [3.63, 3.8) is 0 Å². The summed E-state index contributed by atoms with van der Waals surface area (Å²) >= 11 is 3.81. The Hall–Kier alpha value is -1.44. The van der Waals surface area contributed by atoms with Gasteiger partial charge in [-0.25, -0.2) is 0 Å². The zero-order chi connectivity index (χ0) is 13.0. The van der Waals surface area contributed by atoms with Gasteiger partial charge in [0, 0.05) is 11.8 Å². The van der Waals surface area contributed by atoms with E-state index in [2.05, 4.69) is 12.6 Å². The van der Waals surface area contributed by atoms with Gasteiger partial charge in [-0.15, -0.1) is 0 Å². The van der Waals surface area contributed by atoms with Crippen molar-refractivity contribution in [2.75, 3.05) is 5.75 Å². The molecule has 0 spiro atoms. The maximum atomic E-state index is 10.7. The largest absolute Gasteiger partial charge is 0.389 e. The minimum Gasteiger partial charge on any atom is -0.389 e. The molecule has 92 valence electrons. The molecule has 0 aromatic heterocycles. The summed E-state index contributed by atoms with van der Waals surface area (Å²) in [6, 6.07) is 3.66. The van der Waals surface area contributed by atoms with Crippen LogP contribution in [0, 0.1) is 10.1 Å². The van der Waals surface area contributed by atoms with Gasteiger partial charge in [0.05, 0.1) is 16.6 Å². The van der Waals surface area contributed by atoms with Gasteiger partial charge in [0.25, 0.3) is 5.69 Å². The summed E-state index contributed by atoms with van der Waals surface area (Å²) in [7, 11) is 0. The van der Waals surface area contributed by atoms with Crippen LogP contribution in [0.4, 0.5) is 5.69 Å². The van der Waals surface area contributed by atoms with E-state index in [9.17, 15) is 25.1 Å². The predicted octanol–water partition coefficient (Wildman–Crippen LogP) is 0.731. The molecule has 6 nitrogen and oxygen atoms in total. The third-order valence-corrected chi connectivity index (χ3v) is 2.65. The van der Waals surface area contributed by atoms with Crippen LogP contribution < -0.4 is 0 Å². The molecule has 0 saturated carbocycles. The first-order valence-corrected chi connectivity index (χ1v) is 5.35. The zero-order valence-corrected chi connectivity index (χ0v) is 9.58. The molecule has 2 unspecified atom stereocenters. The summed E-state index contributed by atoms with van der Waals surface area (Å²) < 4.78 is 0. The Bertz CT molecular complexity index is 437. The highest BCUT2D eigenvalue weighted by Gasteiger charge is 2.21. The number of aldehydes is 1. The Kier molecular flexibility index (Phi) is 4.62. The van der Waals surface area contributed by atoms with Crippen molar-refractivity contribution < 1.29 is 19.9 Å². The van der Waals surface area contributed by atoms with Crippen LogP contribution in [-0.2, 0) is 0 Å². The number of carbonyl (C=O) groups excluding carboxylic acids is 1. The van der Waals surface area contributed by atoms with Gasteiger partial charge >= 0.3 is 0 Å². The van der Waals surface area contributed by atoms with Crippen molar-refractivity contribution in [2.24, 2.45) is 0 Å². The second kappa shape index (κ2) is 5.76. The molecule has 2 N–H and O–H groups in total. The molecular weight excluding hydrogens is 246 g/mol. The summed E-state index contributed by atoms with van der Waals surface area (Å²) in [5.74, 6) is 0.0183. The molecule has 0 fully saturated rings. The van der Waals surface area contributed by atoms with Crippen LogP contribution in [0.15, 0.2) is 18.2 Å². The molecule has 0 saturated heterocycles. The number of nitro groups is 1. The number of hydrogen-bond acceptors (Lipinski definition) is 6. The van der Waals surface area contributed by atoms with Crippen molar-refractivity contribution >= 4 is 24.6 Å². The Balaban J connectivity index is 3.16. The normalized spacial score (nSPS) is 14.1. The van der Waals surface area contributed by atoms with Gasteiger partial charge in [0.15, 0.2) is 6.29 Å². The number of aliphatic hydroxyl groups is 2. The molecule has 0 bridgehead atoms. The van der Waals surface area contributed by atoms with Gasteiger partial charge in [-0.3, -0.25) is 14.9 Å². The highest BCUT2D eigenvalue weighted by Crippen LogP contribution is 2.25. The van der Waals surface area contributed by atoms with Crippen LogP contribution in [0.2, 0.25) is 0 Å². The molecule has 1 aromatic carbocycles. The molecule has 1 rings (SSSR count). The van der Waals surface area contributed by atoms with Gasteiger partial charge in [-0.05, 0) is 11.6 Å². The summed E-state index contributed by atoms with van der Waals surface area (Å²) in [4.78, 5) is 20.5. The number of aliphatic hydroxyl groups excluding tert-OH is 2. The Labute approximate surface area is 102 Å². The van der Waals surface area contributed by atoms with Crippen molar-refractivity contribution in [2.45, 2.75) is 12.2 Å². The number of rotatable bonds is 5. The average Bonchev–Trinajstić information content (AvgIpc) is 2.35. The van der Waals surface area contributed by atoms with Gasteiger partial charge in [0.2, 0.25) is 0 Å². The highest BCUT2D eigenvalue weighted by molar-refractivity contribution is 7.80. The summed E-state index contributed by atoms with van der Waals surface area (Å²) in [6.07, 6.45) is -2.03. The van der Waals surface area contributed by atoms with Gasteiger partial charge < -0.3 is 10.2 Å².